The highest BCUT2D eigenvalue weighted by molar-refractivity contribution is 5.74. The highest BCUT2D eigenvalue weighted by atomic mass is 16.6. The van der Waals surface area contributed by atoms with Gasteiger partial charge in [-0.05, 0) is 150 Å². The minimum atomic E-state index is -0.442. The topological polar surface area (TPSA) is 72.8 Å². The van der Waals surface area contributed by atoms with Crippen LogP contribution in [-0.4, -0.2) is 34.9 Å². The number of hydrogen-bond acceptors (Lipinski definition) is 5. The van der Waals surface area contributed by atoms with Crippen LogP contribution in [-0.2, 0) is 19.1 Å². The molecule has 0 heterocycles. The molecule has 13 atom stereocenters. The van der Waals surface area contributed by atoms with Crippen LogP contribution in [0.1, 0.15) is 119 Å². The first kappa shape index (κ1) is 29.7. The second kappa shape index (κ2) is 10.7. The number of carbonyl (C=O) groups excluding carboxylic acids is 2. The fourth-order valence-electron chi connectivity index (χ4n) is 11.5. The summed E-state index contributed by atoms with van der Waals surface area (Å²) in [6.07, 6.45) is 16.6. The third-order valence-corrected chi connectivity index (χ3v) is 13.6. The summed E-state index contributed by atoms with van der Waals surface area (Å²) < 4.78 is 11.8. The van der Waals surface area contributed by atoms with Crippen molar-refractivity contribution in [3.8, 4) is 0 Å². The average Bonchev–Trinajstić information content (AvgIpc) is 3.62. The maximum Gasteiger partial charge on any atom is 0.309 e. The molecule has 3 unspecified atom stereocenters. The predicted octanol–water partition coefficient (Wildman–Crippen LogP) is 7.50. The molecule has 5 fully saturated rings. The van der Waals surface area contributed by atoms with Gasteiger partial charge in [-0.15, -0.1) is 0 Å². The first-order valence-electron chi connectivity index (χ1n) is 17.1. The largest absolute Gasteiger partial charge is 0.462 e. The van der Waals surface area contributed by atoms with E-state index in [2.05, 4.69) is 32.9 Å². The van der Waals surface area contributed by atoms with Gasteiger partial charge < -0.3 is 14.6 Å². The summed E-state index contributed by atoms with van der Waals surface area (Å²) in [6, 6.07) is 0. The molecule has 6 aliphatic rings. The van der Waals surface area contributed by atoms with Gasteiger partial charge in [-0.25, -0.2) is 0 Å². The number of carbonyl (C=O) groups is 2. The molecule has 5 heteroatoms. The summed E-state index contributed by atoms with van der Waals surface area (Å²) in [5.74, 6) is 4.25. The summed E-state index contributed by atoms with van der Waals surface area (Å²) in [5.41, 5.74) is -0.286. The average molecular weight is 569 g/mol. The van der Waals surface area contributed by atoms with Crippen LogP contribution < -0.4 is 0 Å². The van der Waals surface area contributed by atoms with Crippen LogP contribution in [0.4, 0.5) is 0 Å². The fourth-order valence-corrected chi connectivity index (χ4v) is 11.5. The van der Waals surface area contributed by atoms with E-state index in [0.717, 1.165) is 51.4 Å². The second-order valence-corrected chi connectivity index (χ2v) is 16.8. The van der Waals surface area contributed by atoms with Gasteiger partial charge in [-0.3, -0.25) is 9.59 Å². The number of fused-ring (bicyclic) bond motifs is 7. The third-order valence-electron chi connectivity index (χ3n) is 13.6. The van der Waals surface area contributed by atoms with Crippen LogP contribution in [0.2, 0.25) is 0 Å². The molecular formula is C36H56O5. The Hall–Kier alpha value is -1.36. The predicted molar refractivity (Wildman–Crippen MR) is 160 cm³/mol. The summed E-state index contributed by atoms with van der Waals surface area (Å²) in [5, 5.41) is 11.9. The quantitative estimate of drug-likeness (QED) is 0.265. The van der Waals surface area contributed by atoms with E-state index >= 15 is 0 Å². The molecule has 0 spiro atoms. The molecule has 2 bridgehead atoms. The van der Waals surface area contributed by atoms with E-state index < -0.39 is 5.60 Å². The van der Waals surface area contributed by atoms with Gasteiger partial charge in [0.1, 0.15) is 11.7 Å². The van der Waals surface area contributed by atoms with Crippen molar-refractivity contribution in [3.63, 3.8) is 0 Å². The fraction of sp³-hybridized carbons (Fsp3) is 0.889. The van der Waals surface area contributed by atoms with Crippen molar-refractivity contribution >= 4 is 11.9 Å². The van der Waals surface area contributed by atoms with Gasteiger partial charge in [0, 0.05) is 6.42 Å². The Morgan fingerprint density at radius 2 is 1.76 bits per heavy atom. The number of allylic oxidation sites excluding steroid dienone is 2. The van der Waals surface area contributed by atoms with E-state index in [1.807, 2.05) is 20.8 Å². The Balaban J connectivity index is 1.08. The van der Waals surface area contributed by atoms with E-state index in [4.69, 9.17) is 9.47 Å². The Labute approximate surface area is 248 Å². The molecule has 0 aromatic carbocycles. The molecule has 41 heavy (non-hydrogen) atoms. The molecule has 0 aliphatic heterocycles. The maximum absolute atomic E-state index is 13.1. The van der Waals surface area contributed by atoms with Gasteiger partial charge in [0.2, 0.25) is 0 Å². The Bertz CT molecular complexity index is 1040. The lowest BCUT2D eigenvalue weighted by Crippen LogP contribution is -2.59. The number of hydrogen-bond donors (Lipinski definition) is 1. The maximum atomic E-state index is 13.1. The molecule has 0 amide bonds. The molecule has 6 rings (SSSR count). The normalized spacial score (nSPS) is 47.3. The van der Waals surface area contributed by atoms with Crippen LogP contribution >= 0.6 is 0 Å². The zero-order chi connectivity index (χ0) is 29.3. The Kier molecular flexibility index (Phi) is 7.73. The van der Waals surface area contributed by atoms with Crippen molar-refractivity contribution < 1.29 is 24.2 Å². The second-order valence-electron chi connectivity index (χ2n) is 16.8. The SMILES string of the molecule is C[C@H](CCC(=O)OC(C)(C)C)[C@H]1CC[C@H]2[C@@H]3CC[C@@H]4C[C@H](OC(=O)C5CC6C=CC5C6)CC[C@]4(C)[C@H]3C[C@H](O)[C@]12C. The molecule has 6 aliphatic carbocycles. The molecule has 1 N–H and O–H groups in total. The van der Waals surface area contributed by atoms with Gasteiger partial charge >= 0.3 is 11.9 Å². The van der Waals surface area contributed by atoms with Gasteiger partial charge in [-0.2, -0.15) is 0 Å². The van der Waals surface area contributed by atoms with Crippen molar-refractivity contribution in [1.82, 2.24) is 0 Å². The van der Waals surface area contributed by atoms with Crippen molar-refractivity contribution in [2.75, 3.05) is 0 Å². The van der Waals surface area contributed by atoms with Crippen molar-refractivity contribution in [3.05, 3.63) is 12.2 Å². The van der Waals surface area contributed by atoms with Crippen LogP contribution in [0, 0.1) is 64.1 Å². The number of aliphatic hydroxyl groups excluding tert-OH is 1. The lowest BCUT2D eigenvalue weighted by Gasteiger charge is -2.62. The first-order chi connectivity index (χ1) is 19.3. The van der Waals surface area contributed by atoms with Gasteiger partial charge in [-0.1, -0.05) is 32.9 Å². The summed E-state index contributed by atoms with van der Waals surface area (Å²) in [6.45, 7) is 13.0. The van der Waals surface area contributed by atoms with Crippen molar-refractivity contribution in [2.24, 2.45) is 64.1 Å². The van der Waals surface area contributed by atoms with Gasteiger partial charge in [0.25, 0.3) is 0 Å². The zero-order valence-electron chi connectivity index (χ0n) is 26.6. The monoisotopic (exact) mass is 568 g/mol. The van der Waals surface area contributed by atoms with E-state index in [1.54, 1.807) is 0 Å². The summed E-state index contributed by atoms with van der Waals surface area (Å²) >= 11 is 0. The van der Waals surface area contributed by atoms with Crippen LogP contribution in [0.25, 0.3) is 0 Å². The van der Waals surface area contributed by atoms with E-state index in [-0.39, 0.29) is 40.9 Å². The lowest BCUT2D eigenvalue weighted by atomic mass is 9.43. The van der Waals surface area contributed by atoms with E-state index in [9.17, 15) is 14.7 Å². The number of aliphatic hydroxyl groups is 1. The molecule has 0 saturated heterocycles. The summed E-state index contributed by atoms with van der Waals surface area (Å²) in [4.78, 5) is 25.5. The molecule has 0 aromatic rings. The molecule has 0 aromatic heterocycles. The van der Waals surface area contributed by atoms with Crippen LogP contribution in [0.15, 0.2) is 12.2 Å². The molecular weight excluding hydrogens is 512 g/mol. The zero-order valence-corrected chi connectivity index (χ0v) is 26.6. The Morgan fingerprint density at radius 1 is 0.976 bits per heavy atom. The highest BCUT2D eigenvalue weighted by Crippen LogP contribution is 2.68. The van der Waals surface area contributed by atoms with E-state index in [1.165, 1.54) is 19.3 Å². The molecule has 5 nitrogen and oxygen atoms in total. The van der Waals surface area contributed by atoms with Crippen LogP contribution in [0.5, 0.6) is 0 Å². The van der Waals surface area contributed by atoms with Gasteiger partial charge in [0.05, 0.1) is 12.0 Å². The van der Waals surface area contributed by atoms with E-state index in [0.29, 0.717) is 53.8 Å². The van der Waals surface area contributed by atoms with Crippen LogP contribution in [0.3, 0.4) is 0 Å². The minimum absolute atomic E-state index is 0.0609. The highest BCUT2D eigenvalue weighted by Gasteiger charge is 2.64. The smallest absolute Gasteiger partial charge is 0.309 e. The minimum Gasteiger partial charge on any atom is -0.462 e. The number of esters is 2. The van der Waals surface area contributed by atoms with Crippen molar-refractivity contribution in [1.29, 1.82) is 0 Å². The number of rotatable bonds is 6. The standard InChI is InChI=1S/C36H56O5/c1-21(7-14-32(38)41-34(2,3)4)28-12-13-29-26-11-10-24-19-25(40-33(39)27-18-22-8-9-23(27)17-22)15-16-35(24,5)30(26)20-31(37)36(28,29)6/h8-9,21-31,37H,7,10-20H2,1-6H3/t21-,22?,23?,24-,25-,26+,27?,28-,29+,30+,31+,35+,36-/m1/s1. The number of ether oxygens (including phenoxy) is 2. The Morgan fingerprint density at radius 3 is 2.44 bits per heavy atom. The lowest BCUT2D eigenvalue weighted by molar-refractivity contribution is -0.183. The van der Waals surface area contributed by atoms with Crippen molar-refractivity contribution in [2.45, 2.75) is 136 Å². The summed E-state index contributed by atoms with van der Waals surface area (Å²) in [7, 11) is 0. The van der Waals surface area contributed by atoms with Gasteiger partial charge in [0.15, 0.2) is 0 Å². The molecule has 0 radical (unpaired) electrons. The molecule has 5 saturated carbocycles. The third kappa shape index (κ3) is 5.22. The first-order valence-corrected chi connectivity index (χ1v) is 17.1. The molecule has 230 valence electrons.